The summed E-state index contributed by atoms with van der Waals surface area (Å²) >= 11 is 0. The van der Waals surface area contributed by atoms with Crippen LogP contribution in [-0.4, -0.2) is 6.71 Å². The third-order valence-corrected chi connectivity index (χ3v) is 15.7. The van der Waals surface area contributed by atoms with E-state index < -0.39 is 0 Å². The smallest absolute Gasteiger partial charge is 0.212 e. The summed E-state index contributed by atoms with van der Waals surface area (Å²) in [5, 5.41) is 4.07. The summed E-state index contributed by atoms with van der Waals surface area (Å²) in [5.41, 5.74) is 27.0. The molecule has 2 aliphatic carbocycles. The molecule has 1 N–H and O–H groups in total. The van der Waals surface area contributed by atoms with Gasteiger partial charge in [0, 0.05) is 39.1 Å². The maximum atomic E-state index is 4.07. The van der Waals surface area contributed by atoms with Crippen molar-refractivity contribution >= 4 is 46.1 Å². The molecule has 0 fully saturated rings. The minimum atomic E-state index is -0.278. The Morgan fingerprint density at radius 3 is 1.85 bits per heavy atom. The molecule has 59 heavy (non-hydrogen) atoms. The molecule has 0 saturated heterocycles. The second kappa shape index (κ2) is 11.5. The molecule has 0 aromatic heterocycles. The van der Waals surface area contributed by atoms with E-state index in [-0.39, 0.29) is 28.4 Å². The fourth-order valence-electron chi connectivity index (χ4n) is 12.3. The minimum Gasteiger partial charge on any atom is -0.355 e. The lowest BCUT2D eigenvalue weighted by Gasteiger charge is -2.53. The predicted molar refractivity (Wildman–Crippen MR) is 251 cm³/mol. The molecule has 3 heterocycles. The summed E-state index contributed by atoms with van der Waals surface area (Å²) in [7, 11) is 0. The Labute approximate surface area is 350 Å². The molecular weight excluding hydrogens is 711 g/mol. The van der Waals surface area contributed by atoms with E-state index in [0.29, 0.717) is 0 Å². The molecule has 2 nitrogen and oxygen atoms in total. The van der Waals surface area contributed by atoms with Crippen LogP contribution in [0.15, 0.2) is 133 Å². The number of nitrogens with one attached hydrogen (secondary N) is 1. The average molecular weight is 763 g/mol. The first-order valence-electron chi connectivity index (χ1n) is 21.8. The van der Waals surface area contributed by atoms with E-state index in [1.807, 2.05) is 0 Å². The van der Waals surface area contributed by atoms with Crippen LogP contribution in [0.4, 0.5) is 28.4 Å². The van der Waals surface area contributed by atoms with Crippen LogP contribution in [0.2, 0.25) is 6.82 Å². The summed E-state index contributed by atoms with van der Waals surface area (Å²) < 4.78 is 0. The quantitative estimate of drug-likeness (QED) is 0.180. The zero-order valence-corrected chi connectivity index (χ0v) is 35.6. The molecule has 0 spiro atoms. The maximum Gasteiger partial charge on any atom is 0.212 e. The number of anilines is 5. The van der Waals surface area contributed by atoms with Gasteiger partial charge in [0.2, 0.25) is 6.71 Å². The van der Waals surface area contributed by atoms with Crippen molar-refractivity contribution in [2.24, 2.45) is 0 Å². The number of hydrogen-bond acceptors (Lipinski definition) is 2. The van der Waals surface area contributed by atoms with Crippen LogP contribution in [0, 0.1) is 0 Å². The van der Waals surface area contributed by atoms with Gasteiger partial charge in [-0.15, -0.1) is 0 Å². The van der Waals surface area contributed by atoms with Crippen molar-refractivity contribution in [1.82, 2.24) is 0 Å². The number of hydrogen-bond donors (Lipinski definition) is 1. The van der Waals surface area contributed by atoms with Gasteiger partial charge in [-0.05, 0) is 133 Å². The van der Waals surface area contributed by atoms with Crippen molar-refractivity contribution in [3.63, 3.8) is 0 Å². The van der Waals surface area contributed by atoms with Crippen molar-refractivity contribution in [3.05, 3.63) is 172 Å². The van der Waals surface area contributed by atoms with E-state index in [0.717, 1.165) is 5.69 Å². The van der Waals surface area contributed by atoms with E-state index in [2.05, 4.69) is 199 Å². The second-order valence-corrected chi connectivity index (χ2v) is 20.2. The SMILES string of the molecule is CB1c2cccc3c2N2c4c(cccc4C4(C)c5ccccc5-c5cc(-c6cc7c(cc6Nc6ccc(-c8ccccc8)cc6)C(C)(C)CCC7(C)C)c1c2c54)C3(C)C. The van der Waals surface area contributed by atoms with Crippen LogP contribution >= 0.6 is 0 Å². The van der Waals surface area contributed by atoms with Crippen molar-refractivity contribution in [1.29, 1.82) is 0 Å². The molecule has 0 bridgehead atoms. The summed E-state index contributed by atoms with van der Waals surface area (Å²) in [6.45, 7) is 19.9. The van der Waals surface area contributed by atoms with Crippen molar-refractivity contribution in [2.45, 2.75) is 89.8 Å². The van der Waals surface area contributed by atoms with Crippen LogP contribution in [0.3, 0.4) is 0 Å². The molecule has 7 aromatic carbocycles. The molecular formula is C56H51BN2. The van der Waals surface area contributed by atoms with Crippen molar-refractivity contribution < 1.29 is 0 Å². The van der Waals surface area contributed by atoms with E-state index in [1.165, 1.54) is 119 Å². The summed E-state index contributed by atoms with van der Waals surface area (Å²) in [4.78, 5) is 2.74. The Morgan fingerprint density at radius 1 is 0.492 bits per heavy atom. The number of para-hydroxylation sites is 2. The zero-order chi connectivity index (χ0) is 40.4. The largest absolute Gasteiger partial charge is 0.355 e. The van der Waals surface area contributed by atoms with Gasteiger partial charge >= 0.3 is 0 Å². The zero-order valence-electron chi connectivity index (χ0n) is 35.6. The standard InChI is InChI=1S/C56H51BN2/c1-53(2)28-29-54(3,4)45-32-47(58-35-26-24-34(25-27-35)33-16-10-9-11-17-33)37(31-44(45)53)39-30-38-36-18-12-13-19-40(36)56(7)43-22-14-20-41-50(43)59-51-42(55(41,5)6)21-15-23-46(51)57(8)49(39)52(59)48(38)56/h9-27,30-32,58H,28-29H2,1-8H3. The highest BCUT2D eigenvalue weighted by atomic mass is 15.2. The lowest BCUT2D eigenvalue weighted by Crippen LogP contribution is -2.54. The van der Waals surface area contributed by atoms with Crippen molar-refractivity contribution in [2.75, 3.05) is 10.2 Å². The van der Waals surface area contributed by atoms with E-state index in [4.69, 9.17) is 0 Å². The van der Waals surface area contributed by atoms with Crippen LogP contribution in [0.5, 0.6) is 0 Å². The Kier molecular flexibility index (Phi) is 6.84. The van der Waals surface area contributed by atoms with Crippen LogP contribution < -0.4 is 21.1 Å². The molecule has 288 valence electrons. The third kappa shape index (κ3) is 4.44. The first-order valence-corrected chi connectivity index (χ1v) is 21.8. The second-order valence-electron chi connectivity index (χ2n) is 20.2. The van der Waals surface area contributed by atoms with Gasteiger partial charge in [-0.3, -0.25) is 0 Å². The third-order valence-electron chi connectivity index (χ3n) is 15.7. The summed E-state index contributed by atoms with van der Waals surface area (Å²) in [6, 6.07) is 51.1. The van der Waals surface area contributed by atoms with Crippen LogP contribution in [0.25, 0.3) is 33.4 Å². The highest BCUT2D eigenvalue weighted by Crippen LogP contribution is 2.67. The first kappa shape index (κ1) is 35.2. The fraction of sp³-hybridized carbons (Fsp3) is 0.250. The number of benzene rings is 7. The normalized spacial score (nSPS) is 19.8. The Hall–Kier alpha value is -5.80. The molecule has 1 atom stereocenters. The molecule has 1 unspecified atom stereocenters. The monoisotopic (exact) mass is 762 g/mol. The lowest BCUT2D eigenvalue weighted by molar-refractivity contribution is 0.332. The summed E-state index contributed by atoms with van der Waals surface area (Å²) in [5.74, 6) is 0. The molecule has 0 radical (unpaired) electrons. The highest BCUT2D eigenvalue weighted by molar-refractivity contribution is 6.88. The van der Waals surface area contributed by atoms with Gasteiger partial charge in [-0.1, -0.05) is 157 Å². The van der Waals surface area contributed by atoms with Gasteiger partial charge in [0.05, 0.1) is 5.69 Å². The minimum absolute atomic E-state index is 0.0578. The van der Waals surface area contributed by atoms with Crippen molar-refractivity contribution in [3.8, 4) is 33.4 Å². The van der Waals surface area contributed by atoms with E-state index >= 15 is 0 Å². The van der Waals surface area contributed by atoms with E-state index in [9.17, 15) is 0 Å². The van der Waals surface area contributed by atoms with Gasteiger partial charge in [-0.2, -0.15) is 0 Å². The topological polar surface area (TPSA) is 15.3 Å². The fourth-order valence-corrected chi connectivity index (χ4v) is 12.3. The molecule has 7 aromatic rings. The van der Waals surface area contributed by atoms with Gasteiger partial charge in [0.25, 0.3) is 0 Å². The first-order chi connectivity index (χ1) is 28.3. The van der Waals surface area contributed by atoms with Gasteiger partial charge in [0.15, 0.2) is 0 Å². The number of fused-ring (bicyclic) bond motifs is 5. The van der Waals surface area contributed by atoms with Gasteiger partial charge in [0.1, 0.15) is 0 Å². The Morgan fingerprint density at radius 2 is 1.10 bits per heavy atom. The van der Waals surface area contributed by atoms with Crippen LogP contribution in [0.1, 0.15) is 100 Å². The molecule has 12 rings (SSSR count). The van der Waals surface area contributed by atoms with Gasteiger partial charge in [-0.25, -0.2) is 0 Å². The highest BCUT2D eigenvalue weighted by Gasteiger charge is 2.55. The van der Waals surface area contributed by atoms with Crippen LogP contribution in [-0.2, 0) is 21.7 Å². The van der Waals surface area contributed by atoms with Gasteiger partial charge < -0.3 is 10.2 Å². The molecule has 3 aliphatic heterocycles. The number of nitrogens with zero attached hydrogens (tertiary/aromatic N) is 1. The Balaban J connectivity index is 1.18. The molecule has 3 heteroatoms. The molecule has 5 aliphatic rings. The molecule has 0 saturated carbocycles. The molecule has 0 amide bonds. The number of rotatable bonds is 4. The average Bonchev–Trinajstić information content (AvgIpc) is 3.51. The van der Waals surface area contributed by atoms with E-state index in [1.54, 1.807) is 0 Å². The summed E-state index contributed by atoms with van der Waals surface area (Å²) in [6.07, 6.45) is 2.34. The Bertz CT molecular complexity index is 2970. The lowest BCUT2D eigenvalue weighted by atomic mass is 9.38. The maximum absolute atomic E-state index is 4.07. The predicted octanol–water partition coefficient (Wildman–Crippen LogP) is 13.4.